The van der Waals surface area contributed by atoms with E-state index in [-0.39, 0.29) is 5.75 Å². The maximum absolute atomic E-state index is 9.76. The number of fused-ring (bicyclic) bond motifs is 6. The van der Waals surface area contributed by atoms with E-state index in [2.05, 4.69) is 134 Å². The van der Waals surface area contributed by atoms with Gasteiger partial charge < -0.3 is 5.11 Å². The second kappa shape index (κ2) is 13.5. The van der Waals surface area contributed by atoms with E-state index in [9.17, 15) is 5.11 Å². The quantitative estimate of drug-likeness (QED) is 0.198. The summed E-state index contributed by atoms with van der Waals surface area (Å²) in [6, 6.07) is 58.1. The molecule has 248 valence electrons. The van der Waals surface area contributed by atoms with Crippen LogP contribution in [0.2, 0.25) is 0 Å². The van der Waals surface area contributed by atoms with Gasteiger partial charge in [0.2, 0.25) is 0 Å². The van der Waals surface area contributed by atoms with Gasteiger partial charge in [0.05, 0.1) is 22.8 Å². The lowest BCUT2D eigenvalue weighted by Gasteiger charge is -2.07. The number of rotatable bonds is 4. The fourth-order valence-corrected chi connectivity index (χ4v) is 9.31. The molecule has 52 heavy (non-hydrogen) atoms. The van der Waals surface area contributed by atoms with Crippen molar-refractivity contribution in [3.63, 3.8) is 0 Å². The maximum atomic E-state index is 9.76. The van der Waals surface area contributed by atoms with E-state index in [1.807, 2.05) is 53.0 Å². The molecule has 0 unspecified atom stereocenters. The summed E-state index contributed by atoms with van der Waals surface area (Å²) in [6.07, 6.45) is 0. The Morgan fingerprint density at radius 2 is 0.846 bits per heavy atom. The molecule has 0 aliphatic carbocycles. The number of pyridine rings is 2. The summed E-state index contributed by atoms with van der Waals surface area (Å²) in [5.41, 5.74) is 9.53. The van der Waals surface area contributed by atoms with Gasteiger partial charge in [0.1, 0.15) is 5.75 Å². The smallest absolute Gasteiger partial charge is 0.116 e. The first-order chi connectivity index (χ1) is 25.6. The van der Waals surface area contributed by atoms with Crippen LogP contribution in [0.4, 0.5) is 0 Å². The number of phenols is 1. The summed E-state index contributed by atoms with van der Waals surface area (Å²) < 4.78 is 5.18. The largest absolute Gasteiger partial charge is 0.508 e. The van der Waals surface area contributed by atoms with E-state index in [0.29, 0.717) is 0 Å². The van der Waals surface area contributed by atoms with Gasteiger partial charge in [-0.3, -0.25) is 0 Å². The first-order valence-electron chi connectivity index (χ1n) is 17.2. The van der Waals surface area contributed by atoms with Gasteiger partial charge in [-0.1, -0.05) is 121 Å². The molecule has 0 aliphatic rings. The van der Waals surface area contributed by atoms with Crippen molar-refractivity contribution in [1.82, 2.24) is 9.97 Å². The molecule has 0 atom stereocenters. The normalized spacial score (nSPS) is 11.2. The number of hydrogen-bond acceptors (Lipinski definition) is 5. The third-order valence-electron chi connectivity index (χ3n) is 9.31. The minimum atomic E-state index is 0.251. The summed E-state index contributed by atoms with van der Waals surface area (Å²) in [6.45, 7) is 2.12. The Balaban J connectivity index is 0.000000138. The molecule has 0 fully saturated rings. The molecule has 3 nitrogen and oxygen atoms in total. The minimum Gasteiger partial charge on any atom is -0.508 e. The molecular weight excluding hydrogens is 673 g/mol. The van der Waals surface area contributed by atoms with Crippen LogP contribution in [0.3, 0.4) is 0 Å². The maximum Gasteiger partial charge on any atom is 0.116 e. The van der Waals surface area contributed by atoms with Crippen LogP contribution in [0.1, 0.15) is 5.56 Å². The molecule has 0 aliphatic heterocycles. The zero-order valence-electron chi connectivity index (χ0n) is 28.3. The fourth-order valence-electron chi connectivity index (χ4n) is 6.86. The van der Waals surface area contributed by atoms with E-state index in [4.69, 9.17) is 9.97 Å². The lowest BCUT2D eigenvalue weighted by atomic mass is 10.0. The van der Waals surface area contributed by atoms with Crippen LogP contribution in [-0.4, -0.2) is 15.1 Å². The van der Waals surface area contributed by atoms with Crippen molar-refractivity contribution >= 4 is 63.0 Å². The SMILES string of the molecule is Cc1cccc(-c2cccc(-c3cccc4c3sc3ccccc34)n2)c1.Oc1cccc(-c2cccc(-c3cccc4c3sc3ccccc34)n2)c1. The lowest BCUT2D eigenvalue weighted by molar-refractivity contribution is 0.475. The predicted molar refractivity (Wildman–Crippen MR) is 222 cm³/mol. The molecule has 5 heteroatoms. The van der Waals surface area contributed by atoms with Gasteiger partial charge in [0.25, 0.3) is 0 Å². The number of aromatic nitrogens is 2. The number of benzene rings is 6. The highest BCUT2D eigenvalue weighted by molar-refractivity contribution is 7.26. The average molecular weight is 705 g/mol. The molecule has 0 saturated carbocycles. The summed E-state index contributed by atoms with van der Waals surface area (Å²) in [5, 5.41) is 15.0. The predicted octanol–water partition coefficient (Wildman–Crippen LogP) is 13.6. The van der Waals surface area contributed by atoms with Gasteiger partial charge in [0, 0.05) is 62.6 Å². The van der Waals surface area contributed by atoms with Crippen molar-refractivity contribution in [2.45, 2.75) is 6.92 Å². The van der Waals surface area contributed by atoms with E-state index < -0.39 is 0 Å². The summed E-state index contributed by atoms with van der Waals surface area (Å²) in [4.78, 5) is 9.85. The van der Waals surface area contributed by atoms with Gasteiger partial charge in [-0.25, -0.2) is 9.97 Å². The molecule has 0 spiro atoms. The van der Waals surface area contributed by atoms with Gasteiger partial charge in [-0.2, -0.15) is 0 Å². The molecule has 0 saturated heterocycles. The molecular formula is C47H32N2OS2. The zero-order valence-corrected chi connectivity index (χ0v) is 30.0. The molecule has 6 aromatic carbocycles. The van der Waals surface area contributed by atoms with Gasteiger partial charge >= 0.3 is 0 Å². The number of hydrogen-bond donors (Lipinski definition) is 1. The number of thiophene rings is 2. The first-order valence-corrected chi connectivity index (χ1v) is 18.8. The summed E-state index contributed by atoms with van der Waals surface area (Å²) >= 11 is 3.65. The Bertz CT molecular complexity index is 2700. The molecule has 0 bridgehead atoms. The lowest BCUT2D eigenvalue weighted by Crippen LogP contribution is -1.88. The third kappa shape index (κ3) is 6.00. The van der Waals surface area contributed by atoms with Crippen LogP contribution >= 0.6 is 22.7 Å². The van der Waals surface area contributed by atoms with Crippen LogP contribution < -0.4 is 0 Å². The van der Waals surface area contributed by atoms with Crippen molar-refractivity contribution in [2.75, 3.05) is 0 Å². The van der Waals surface area contributed by atoms with Crippen molar-refractivity contribution in [3.05, 3.63) is 175 Å². The van der Waals surface area contributed by atoms with E-state index in [1.54, 1.807) is 12.1 Å². The number of aromatic hydroxyl groups is 1. The molecule has 4 aromatic heterocycles. The Hall–Kier alpha value is -6.14. The Morgan fingerprint density at radius 3 is 1.38 bits per heavy atom. The van der Waals surface area contributed by atoms with Gasteiger partial charge in [-0.15, -0.1) is 22.7 Å². The summed E-state index contributed by atoms with van der Waals surface area (Å²) in [7, 11) is 0. The second-order valence-corrected chi connectivity index (χ2v) is 14.9. The van der Waals surface area contributed by atoms with Gasteiger partial charge in [-0.05, 0) is 61.5 Å². The van der Waals surface area contributed by atoms with Crippen molar-refractivity contribution < 1.29 is 5.11 Å². The first kappa shape index (κ1) is 31.8. The second-order valence-electron chi connectivity index (χ2n) is 12.8. The van der Waals surface area contributed by atoms with Crippen LogP contribution in [0, 0.1) is 6.92 Å². The number of aryl methyl sites for hydroxylation is 1. The van der Waals surface area contributed by atoms with Gasteiger partial charge in [0.15, 0.2) is 0 Å². The highest BCUT2D eigenvalue weighted by atomic mass is 32.1. The highest BCUT2D eigenvalue weighted by Crippen LogP contribution is 2.41. The topological polar surface area (TPSA) is 46.0 Å². The van der Waals surface area contributed by atoms with E-state index in [1.165, 1.54) is 51.5 Å². The minimum absolute atomic E-state index is 0.251. The Labute approximate surface area is 309 Å². The van der Waals surface area contributed by atoms with Crippen LogP contribution in [0.25, 0.3) is 85.4 Å². The van der Waals surface area contributed by atoms with Crippen LogP contribution in [0.15, 0.2) is 170 Å². The van der Waals surface area contributed by atoms with Crippen molar-refractivity contribution in [1.29, 1.82) is 0 Å². The van der Waals surface area contributed by atoms with E-state index >= 15 is 0 Å². The van der Waals surface area contributed by atoms with Crippen molar-refractivity contribution in [3.8, 4) is 50.8 Å². The Kier molecular flexibility index (Phi) is 8.28. The fraction of sp³-hybridized carbons (Fsp3) is 0.0213. The molecule has 10 aromatic rings. The Morgan fingerprint density at radius 1 is 0.404 bits per heavy atom. The molecule has 4 heterocycles. The number of phenolic OH excluding ortho intramolecular Hbond substituents is 1. The van der Waals surface area contributed by atoms with Crippen LogP contribution in [0.5, 0.6) is 5.75 Å². The van der Waals surface area contributed by atoms with Crippen LogP contribution in [-0.2, 0) is 0 Å². The number of nitrogens with zero attached hydrogens (tertiary/aromatic N) is 2. The molecule has 0 amide bonds. The zero-order chi connectivity index (χ0) is 35.0. The monoisotopic (exact) mass is 704 g/mol. The highest BCUT2D eigenvalue weighted by Gasteiger charge is 2.13. The molecule has 0 radical (unpaired) electrons. The molecule has 1 N–H and O–H groups in total. The third-order valence-corrected chi connectivity index (χ3v) is 11.8. The van der Waals surface area contributed by atoms with Crippen molar-refractivity contribution in [2.24, 2.45) is 0 Å². The van der Waals surface area contributed by atoms with E-state index in [0.717, 1.165) is 39.5 Å². The molecule has 10 rings (SSSR count). The standard InChI is InChI=1S/C24H17NS.C23H15NOS/c1-16-7-4-8-17(15-16)21-12-6-13-22(25-21)20-11-5-10-19-18-9-2-3-14-23(18)26-24(19)20;25-16-7-3-6-15(14-16)20-11-5-12-21(24-20)19-10-4-9-18-17-8-1-2-13-22(17)26-23(18)19/h2-15H,1H3;1-14,25H. The summed E-state index contributed by atoms with van der Waals surface area (Å²) in [5.74, 6) is 0.251. The average Bonchev–Trinajstić information content (AvgIpc) is 3.77.